The maximum absolute atomic E-state index is 12.0. The van der Waals surface area contributed by atoms with Gasteiger partial charge in [0.15, 0.2) is 6.10 Å². The number of aromatic nitrogens is 1. The van der Waals surface area contributed by atoms with Gasteiger partial charge in [0.25, 0.3) is 5.91 Å². The molecule has 1 fully saturated rings. The Balaban J connectivity index is 1.55. The second-order valence-electron chi connectivity index (χ2n) is 5.70. The first-order valence-corrected chi connectivity index (χ1v) is 7.84. The zero-order valence-corrected chi connectivity index (χ0v) is 12.8. The Morgan fingerprint density at radius 2 is 2.09 bits per heavy atom. The fourth-order valence-corrected chi connectivity index (χ4v) is 2.36. The highest BCUT2D eigenvalue weighted by Gasteiger charge is 2.20. The first-order valence-electron chi connectivity index (χ1n) is 7.84. The molecular weight excluding hydrogens is 292 g/mol. The number of nitrogens with one attached hydrogen (secondary N) is 1. The number of ether oxygens (including phenoxy) is 1. The molecular formula is C18H20N2O3. The minimum absolute atomic E-state index is 0.271. The van der Waals surface area contributed by atoms with Gasteiger partial charge in [0.2, 0.25) is 5.88 Å². The molecule has 0 spiro atoms. The Hall–Kier alpha value is -2.40. The Morgan fingerprint density at radius 1 is 1.30 bits per heavy atom. The average Bonchev–Trinajstić information content (AvgIpc) is 2.56. The van der Waals surface area contributed by atoms with Crippen molar-refractivity contribution in [1.29, 1.82) is 0 Å². The smallest absolute Gasteiger partial charge is 0.253 e. The zero-order chi connectivity index (χ0) is 16.1. The van der Waals surface area contributed by atoms with Gasteiger partial charge >= 0.3 is 0 Å². The van der Waals surface area contributed by atoms with E-state index in [2.05, 4.69) is 10.3 Å². The summed E-state index contributed by atoms with van der Waals surface area (Å²) in [6.07, 6.45) is 4.13. The number of hydrogen-bond donors (Lipinski definition) is 2. The van der Waals surface area contributed by atoms with Crippen LogP contribution in [0.25, 0.3) is 0 Å². The average molecular weight is 312 g/mol. The molecule has 1 aliphatic carbocycles. The SMILES string of the molecule is O=C(NCc1ccnc(OC2CCC2)c1)C(O)c1ccccc1. The standard InChI is InChI=1S/C18H20N2O3/c21-17(14-5-2-1-3-6-14)18(22)20-12-13-9-10-19-16(11-13)23-15-7-4-8-15/h1-3,5-6,9-11,15,17,21H,4,7-8,12H2,(H,20,22). The molecule has 3 rings (SSSR count). The summed E-state index contributed by atoms with van der Waals surface area (Å²) in [5.41, 5.74) is 1.47. The summed E-state index contributed by atoms with van der Waals surface area (Å²) in [4.78, 5) is 16.2. The van der Waals surface area contributed by atoms with Crippen LogP contribution in [0, 0.1) is 0 Å². The van der Waals surface area contributed by atoms with Gasteiger partial charge in [0, 0.05) is 18.8 Å². The van der Waals surface area contributed by atoms with Crippen LogP contribution in [0.5, 0.6) is 5.88 Å². The van der Waals surface area contributed by atoms with Crippen molar-refractivity contribution in [1.82, 2.24) is 10.3 Å². The molecule has 1 amide bonds. The van der Waals surface area contributed by atoms with Crippen LogP contribution in [0.1, 0.15) is 36.5 Å². The van der Waals surface area contributed by atoms with Gasteiger partial charge in [-0.2, -0.15) is 0 Å². The monoisotopic (exact) mass is 312 g/mol. The van der Waals surface area contributed by atoms with Crippen molar-refractivity contribution in [2.24, 2.45) is 0 Å². The quantitative estimate of drug-likeness (QED) is 0.859. The minimum Gasteiger partial charge on any atom is -0.474 e. The second kappa shape index (κ2) is 7.24. The van der Waals surface area contributed by atoms with E-state index in [0.717, 1.165) is 18.4 Å². The molecule has 5 heteroatoms. The third-order valence-electron chi connectivity index (χ3n) is 3.97. The molecule has 1 aliphatic rings. The summed E-state index contributed by atoms with van der Waals surface area (Å²) >= 11 is 0. The first-order chi connectivity index (χ1) is 11.2. The number of nitrogens with zero attached hydrogens (tertiary/aromatic N) is 1. The van der Waals surface area contributed by atoms with Crippen LogP contribution in [0.3, 0.4) is 0 Å². The van der Waals surface area contributed by atoms with E-state index in [4.69, 9.17) is 4.74 Å². The first kappa shape index (κ1) is 15.5. The fourth-order valence-electron chi connectivity index (χ4n) is 2.36. The highest BCUT2D eigenvalue weighted by Crippen LogP contribution is 2.24. The largest absolute Gasteiger partial charge is 0.474 e. The topological polar surface area (TPSA) is 71.5 Å². The third kappa shape index (κ3) is 4.07. The molecule has 2 aromatic rings. The van der Waals surface area contributed by atoms with Crippen molar-refractivity contribution in [3.8, 4) is 5.88 Å². The summed E-state index contributed by atoms with van der Waals surface area (Å²) in [5.74, 6) is 0.166. The molecule has 1 heterocycles. The normalized spacial score (nSPS) is 15.5. The van der Waals surface area contributed by atoms with Crippen molar-refractivity contribution < 1.29 is 14.6 Å². The van der Waals surface area contributed by atoms with E-state index in [0.29, 0.717) is 18.0 Å². The highest BCUT2D eigenvalue weighted by molar-refractivity contribution is 5.81. The Labute approximate surface area is 135 Å². The number of carbonyl (C=O) groups excluding carboxylic acids is 1. The molecule has 5 nitrogen and oxygen atoms in total. The van der Waals surface area contributed by atoms with Crippen LogP contribution in [-0.4, -0.2) is 22.1 Å². The van der Waals surface area contributed by atoms with Gasteiger partial charge < -0.3 is 15.2 Å². The predicted octanol–water partition coefficient (Wildman–Crippen LogP) is 2.36. The zero-order valence-electron chi connectivity index (χ0n) is 12.8. The molecule has 1 saturated carbocycles. The van der Waals surface area contributed by atoms with E-state index in [9.17, 15) is 9.90 Å². The lowest BCUT2D eigenvalue weighted by Crippen LogP contribution is -2.29. The molecule has 1 aromatic carbocycles. The number of hydrogen-bond acceptors (Lipinski definition) is 4. The molecule has 0 radical (unpaired) electrons. The van der Waals surface area contributed by atoms with E-state index in [1.54, 1.807) is 30.5 Å². The van der Waals surface area contributed by atoms with Gasteiger partial charge in [0.05, 0.1) is 0 Å². The molecule has 23 heavy (non-hydrogen) atoms. The molecule has 2 N–H and O–H groups in total. The van der Waals surface area contributed by atoms with Crippen molar-refractivity contribution in [2.75, 3.05) is 0 Å². The lowest BCUT2D eigenvalue weighted by atomic mass is 9.96. The molecule has 0 saturated heterocycles. The van der Waals surface area contributed by atoms with Gasteiger partial charge in [-0.15, -0.1) is 0 Å². The van der Waals surface area contributed by atoms with Crippen LogP contribution < -0.4 is 10.1 Å². The number of pyridine rings is 1. The summed E-state index contributed by atoms with van der Waals surface area (Å²) < 4.78 is 5.74. The minimum atomic E-state index is -1.16. The molecule has 1 atom stereocenters. The summed E-state index contributed by atoms with van der Waals surface area (Å²) in [6.45, 7) is 0.326. The van der Waals surface area contributed by atoms with Crippen molar-refractivity contribution in [3.05, 3.63) is 59.8 Å². The number of benzene rings is 1. The number of rotatable bonds is 6. The fraction of sp³-hybridized carbons (Fsp3) is 0.333. The van der Waals surface area contributed by atoms with Crippen LogP contribution in [0.15, 0.2) is 48.7 Å². The van der Waals surface area contributed by atoms with E-state index in [1.807, 2.05) is 18.2 Å². The van der Waals surface area contributed by atoms with Crippen LogP contribution in [-0.2, 0) is 11.3 Å². The molecule has 120 valence electrons. The molecule has 1 aromatic heterocycles. The van der Waals surface area contributed by atoms with Crippen LogP contribution in [0.2, 0.25) is 0 Å². The maximum atomic E-state index is 12.0. The van der Waals surface area contributed by atoms with E-state index < -0.39 is 12.0 Å². The van der Waals surface area contributed by atoms with Crippen LogP contribution in [0.4, 0.5) is 0 Å². The van der Waals surface area contributed by atoms with Gasteiger partial charge in [-0.3, -0.25) is 4.79 Å². The number of aliphatic hydroxyl groups is 1. The van der Waals surface area contributed by atoms with Crippen LogP contribution >= 0.6 is 0 Å². The molecule has 0 aliphatic heterocycles. The lowest BCUT2D eigenvalue weighted by molar-refractivity contribution is -0.129. The number of amides is 1. The molecule has 1 unspecified atom stereocenters. The van der Waals surface area contributed by atoms with E-state index in [-0.39, 0.29) is 6.10 Å². The van der Waals surface area contributed by atoms with E-state index in [1.165, 1.54) is 6.42 Å². The predicted molar refractivity (Wildman–Crippen MR) is 85.8 cm³/mol. The summed E-state index contributed by atoms with van der Waals surface area (Å²) in [7, 11) is 0. The Morgan fingerprint density at radius 3 is 2.78 bits per heavy atom. The van der Waals surface area contributed by atoms with Gasteiger partial charge in [-0.25, -0.2) is 4.98 Å². The van der Waals surface area contributed by atoms with Gasteiger partial charge in [-0.1, -0.05) is 30.3 Å². The maximum Gasteiger partial charge on any atom is 0.253 e. The van der Waals surface area contributed by atoms with Crippen molar-refractivity contribution in [3.63, 3.8) is 0 Å². The highest BCUT2D eigenvalue weighted by atomic mass is 16.5. The van der Waals surface area contributed by atoms with Gasteiger partial charge in [-0.05, 0) is 36.5 Å². The third-order valence-corrected chi connectivity index (χ3v) is 3.97. The summed E-state index contributed by atoms with van der Waals surface area (Å²) in [6, 6.07) is 12.5. The number of carbonyl (C=O) groups is 1. The Kier molecular flexibility index (Phi) is 4.88. The number of aliphatic hydroxyl groups excluding tert-OH is 1. The van der Waals surface area contributed by atoms with Crippen molar-refractivity contribution in [2.45, 2.75) is 38.0 Å². The summed E-state index contributed by atoms with van der Waals surface area (Å²) in [5, 5.41) is 12.8. The molecule has 0 bridgehead atoms. The van der Waals surface area contributed by atoms with Crippen molar-refractivity contribution >= 4 is 5.91 Å². The second-order valence-corrected chi connectivity index (χ2v) is 5.70. The Bertz CT molecular complexity index is 656. The van der Waals surface area contributed by atoms with Gasteiger partial charge in [0.1, 0.15) is 6.10 Å². The lowest BCUT2D eigenvalue weighted by Gasteiger charge is -2.25. The van der Waals surface area contributed by atoms with E-state index >= 15 is 0 Å².